The highest BCUT2D eigenvalue weighted by Crippen LogP contribution is 2.15. The van der Waals surface area contributed by atoms with Crippen molar-refractivity contribution in [2.24, 2.45) is 0 Å². The van der Waals surface area contributed by atoms with E-state index in [1.54, 1.807) is 43.7 Å². The number of benzene rings is 1. The molecule has 0 aliphatic heterocycles. The third kappa shape index (κ3) is 5.86. The van der Waals surface area contributed by atoms with E-state index in [2.05, 4.69) is 4.98 Å². The molecule has 130 valence electrons. The minimum absolute atomic E-state index is 0.421. The molecule has 0 aliphatic rings. The van der Waals surface area contributed by atoms with E-state index in [1.165, 1.54) is 0 Å². The number of imidazole rings is 1. The average molecular weight is 352 g/mol. The molecule has 1 N–H and O–H groups in total. The predicted molar refractivity (Wildman–Crippen MR) is 92.5 cm³/mol. The first-order chi connectivity index (χ1) is 11.6. The van der Waals surface area contributed by atoms with E-state index < -0.39 is 12.0 Å². The zero-order chi connectivity index (χ0) is 17.4. The number of halogens is 1. The van der Waals surface area contributed by atoms with Gasteiger partial charge in [-0.3, -0.25) is 9.69 Å². The second-order valence-corrected chi connectivity index (χ2v) is 5.94. The Morgan fingerprint density at radius 1 is 1.38 bits per heavy atom. The molecule has 2 aromatic rings. The standard InChI is InChI=1S/C17H22ClN3O3/c1-14(17(22)23)21(9-2-8-20-10-7-19-13-20)11-12-24-16-5-3-15(18)4-6-16/h3-7,10,13-14H,2,8-9,11-12H2,1H3,(H,22,23). The summed E-state index contributed by atoms with van der Waals surface area (Å²) in [6.45, 7) is 4.14. The van der Waals surface area contributed by atoms with Crippen molar-refractivity contribution >= 4 is 17.6 Å². The largest absolute Gasteiger partial charge is 0.492 e. The van der Waals surface area contributed by atoms with Crippen LogP contribution in [-0.4, -0.2) is 51.3 Å². The maximum Gasteiger partial charge on any atom is 0.320 e. The summed E-state index contributed by atoms with van der Waals surface area (Å²) in [5, 5.41) is 9.93. The van der Waals surface area contributed by atoms with Gasteiger partial charge in [-0.2, -0.15) is 0 Å². The summed E-state index contributed by atoms with van der Waals surface area (Å²) in [7, 11) is 0. The van der Waals surface area contributed by atoms with Crippen LogP contribution in [0.5, 0.6) is 5.75 Å². The molecule has 7 heteroatoms. The number of carboxylic acids is 1. The maximum absolute atomic E-state index is 11.3. The zero-order valence-electron chi connectivity index (χ0n) is 13.6. The summed E-state index contributed by atoms with van der Waals surface area (Å²) in [6, 6.07) is 6.57. The Balaban J connectivity index is 1.81. The highest BCUT2D eigenvalue weighted by molar-refractivity contribution is 6.30. The SMILES string of the molecule is CC(C(=O)O)N(CCCn1ccnc1)CCOc1ccc(Cl)cc1. The van der Waals surface area contributed by atoms with Crippen LogP contribution < -0.4 is 4.74 Å². The number of ether oxygens (including phenoxy) is 1. The summed E-state index contributed by atoms with van der Waals surface area (Å²) >= 11 is 5.84. The van der Waals surface area contributed by atoms with Gasteiger partial charge in [0.1, 0.15) is 18.4 Å². The molecule has 0 amide bonds. The quantitative estimate of drug-likeness (QED) is 0.713. The number of aliphatic carboxylic acids is 1. The molecule has 0 saturated heterocycles. The van der Waals surface area contributed by atoms with Gasteiger partial charge >= 0.3 is 5.97 Å². The molecule has 1 atom stereocenters. The summed E-state index contributed by atoms with van der Waals surface area (Å²) in [4.78, 5) is 17.2. The smallest absolute Gasteiger partial charge is 0.320 e. The normalized spacial score (nSPS) is 12.3. The summed E-state index contributed by atoms with van der Waals surface area (Å²) < 4.78 is 7.65. The summed E-state index contributed by atoms with van der Waals surface area (Å²) in [5.74, 6) is -0.107. The molecular weight excluding hydrogens is 330 g/mol. The minimum Gasteiger partial charge on any atom is -0.492 e. The summed E-state index contributed by atoms with van der Waals surface area (Å²) in [6.07, 6.45) is 6.23. The third-order valence-corrected chi connectivity index (χ3v) is 4.04. The topological polar surface area (TPSA) is 67.6 Å². The summed E-state index contributed by atoms with van der Waals surface area (Å²) in [5.41, 5.74) is 0. The number of hydrogen-bond acceptors (Lipinski definition) is 4. The van der Waals surface area contributed by atoms with Gasteiger partial charge in [-0.15, -0.1) is 0 Å². The van der Waals surface area contributed by atoms with Crippen LogP contribution in [0.1, 0.15) is 13.3 Å². The monoisotopic (exact) mass is 351 g/mol. The van der Waals surface area contributed by atoms with E-state index >= 15 is 0 Å². The predicted octanol–water partition coefficient (Wildman–Crippen LogP) is 2.78. The van der Waals surface area contributed by atoms with Crippen molar-refractivity contribution in [1.82, 2.24) is 14.5 Å². The average Bonchev–Trinajstić information content (AvgIpc) is 3.08. The van der Waals surface area contributed by atoms with Crippen molar-refractivity contribution < 1.29 is 14.6 Å². The van der Waals surface area contributed by atoms with Crippen molar-refractivity contribution in [3.8, 4) is 5.75 Å². The second-order valence-electron chi connectivity index (χ2n) is 5.51. The number of aryl methyl sites for hydroxylation is 1. The number of hydrogen-bond donors (Lipinski definition) is 1. The van der Waals surface area contributed by atoms with Gasteiger partial charge in [0.2, 0.25) is 0 Å². The van der Waals surface area contributed by atoms with Crippen molar-refractivity contribution in [3.63, 3.8) is 0 Å². The molecule has 1 aromatic carbocycles. The lowest BCUT2D eigenvalue weighted by atomic mass is 10.2. The van der Waals surface area contributed by atoms with E-state index in [0.29, 0.717) is 24.7 Å². The van der Waals surface area contributed by atoms with Gasteiger partial charge in [0.15, 0.2) is 0 Å². The lowest BCUT2D eigenvalue weighted by molar-refractivity contribution is -0.142. The number of rotatable bonds is 10. The van der Waals surface area contributed by atoms with Crippen LogP contribution in [0.15, 0.2) is 43.0 Å². The van der Waals surface area contributed by atoms with Gasteiger partial charge in [0.05, 0.1) is 6.33 Å². The second kappa shape index (κ2) is 9.30. The van der Waals surface area contributed by atoms with E-state index in [1.807, 2.05) is 15.7 Å². The molecule has 24 heavy (non-hydrogen) atoms. The molecule has 0 aliphatic carbocycles. The molecule has 0 fully saturated rings. The first-order valence-corrected chi connectivity index (χ1v) is 8.25. The number of carbonyl (C=O) groups is 1. The fourth-order valence-electron chi connectivity index (χ4n) is 2.34. The van der Waals surface area contributed by atoms with Crippen molar-refractivity contribution in [2.75, 3.05) is 19.7 Å². The van der Waals surface area contributed by atoms with Crippen LogP contribution in [0.3, 0.4) is 0 Å². The first-order valence-electron chi connectivity index (χ1n) is 7.87. The van der Waals surface area contributed by atoms with E-state index in [0.717, 1.165) is 18.7 Å². The molecule has 2 rings (SSSR count). The van der Waals surface area contributed by atoms with Crippen LogP contribution in [-0.2, 0) is 11.3 Å². The van der Waals surface area contributed by atoms with Crippen LogP contribution in [0.25, 0.3) is 0 Å². The Hall–Kier alpha value is -2.05. The highest BCUT2D eigenvalue weighted by atomic mass is 35.5. The molecule has 0 saturated carbocycles. The molecule has 0 spiro atoms. The number of nitrogens with zero attached hydrogens (tertiary/aromatic N) is 3. The highest BCUT2D eigenvalue weighted by Gasteiger charge is 2.20. The van der Waals surface area contributed by atoms with E-state index in [4.69, 9.17) is 16.3 Å². The van der Waals surface area contributed by atoms with Crippen molar-refractivity contribution in [2.45, 2.75) is 25.9 Å². The van der Waals surface area contributed by atoms with Crippen molar-refractivity contribution in [3.05, 3.63) is 48.0 Å². The fourth-order valence-corrected chi connectivity index (χ4v) is 2.47. The number of carboxylic acid groups (broad SMARTS) is 1. The van der Waals surface area contributed by atoms with Gasteiger partial charge in [0.25, 0.3) is 0 Å². The van der Waals surface area contributed by atoms with Gasteiger partial charge in [0, 0.05) is 37.1 Å². The Kier molecular flexibility index (Phi) is 7.08. The third-order valence-electron chi connectivity index (χ3n) is 3.79. The van der Waals surface area contributed by atoms with E-state index in [-0.39, 0.29) is 0 Å². The Bertz CT molecular complexity index is 617. The molecular formula is C17H22ClN3O3. The van der Waals surface area contributed by atoms with E-state index in [9.17, 15) is 9.90 Å². The van der Waals surface area contributed by atoms with Gasteiger partial charge in [-0.25, -0.2) is 4.98 Å². The first kappa shape index (κ1) is 18.3. The molecule has 0 radical (unpaired) electrons. The van der Waals surface area contributed by atoms with Gasteiger partial charge in [-0.1, -0.05) is 11.6 Å². The minimum atomic E-state index is -0.830. The molecule has 0 bridgehead atoms. The fraction of sp³-hybridized carbons (Fsp3) is 0.412. The van der Waals surface area contributed by atoms with Crippen LogP contribution >= 0.6 is 11.6 Å². The van der Waals surface area contributed by atoms with Crippen molar-refractivity contribution in [1.29, 1.82) is 0 Å². The lowest BCUT2D eigenvalue weighted by Gasteiger charge is -2.26. The van der Waals surface area contributed by atoms with Crippen LogP contribution in [0.4, 0.5) is 0 Å². The molecule has 1 aromatic heterocycles. The Labute approximate surface area is 146 Å². The van der Waals surface area contributed by atoms with Gasteiger partial charge < -0.3 is 14.4 Å². The molecule has 6 nitrogen and oxygen atoms in total. The lowest BCUT2D eigenvalue weighted by Crippen LogP contribution is -2.42. The van der Waals surface area contributed by atoms with Crippen LogP contribution in [0, 0.1) is 0 Å². The Morgan fingerprint density at radius 3 is 2.75 bits per heavy atom. The maximum atomic E-state index is 11.3. The van der Waals surface area contributed by atoms with Gasteiger partial charge in [-0.05, 0) is 37.6 Å². The number of aromatic nitrogens is 2. The molecule has 1 unspecified atom stereocenters. The zero-order valence-corrected chi connectivity index (χ0v) is 14.4. The molecule has 1 heterocycles. The van der Waals surface area contributed by atoms with Crippen LogP contribution in [0.2, 0.25) is 5.02 Å². The Morgan fingerprint density at radius 2 is 2.12 bits per heavy atom.